The minimum absolute atomic E-state index is 0.670. The fourth-order valence-corrected chi connectivity index (χ4v) is 1.15. The van der Waals surface area contributed by atoms with Crippen molar-refractivity contribution in [3.05, 3.63) is 48.5 Å². The van der Waals surface area contributed by atoms with E-state index in [0.717, 1.165) is 12.0 Å². The number of aldehydes is 1. The number of pyridine rings is 1. The summed E-state index contributed by atoms with van der Waals surface area (Å²) in [6.45, 7) is 0. The van der Waals surface area contributed by atoms with Crippen LogP contribution < -0.4 is 0 Å². The molecule has 0 amide bonds. The summed E-state index contributed by atoms with van der Waals surface area (Å²) < 4.78 is 1.86. The molecule has 64 valence electrons. The predicted octanol–water partition coefficient (Wildman–Crippen LogP) is 1.68. The number of hydrogen-bond acceptors (Lipinski definition) is 2. The quantitative estimate of drug-likeness (QED) is 0.646. The van der Waals surface area contributed by atoms with Crippen LogP contribution in [-0.4, -0.2) is 15.8 Å². The van der Waals surface area contributed by atoms with Crippen molar-refractivity contribution in [3.8, 4) is 5.69 Å². The molecule has 3 heteroatoms. The van der Waals surface area contributed by atoms with Gasteiger partial charge in [0, 0.05) is 24.2 Å². The Morgan fingerprint density at radius 3 is 2.92 bits per heavy atom. The van der Waals surface area contributed by atoms with Crippen molar-refractivity contribution >= 4 is 6.29 Å². The molecule has 0 N–H and O–H groups in total. The van der Waals surface area contributed by atoms with Gasteiger partial charge >= 0.3 is 0 Å². The van der Waals surface area contributed by atoms with Gasteiger partial charge in [0.05, 0.1) is 11.9 Å². The summed E-state index contributed by atoms with van der Waals surface area (Å²) in [5, 5.41) is 0. The van der Waals surface area contributed by atoms with Crippen LogP contribution in [0.2, 0.25) is 0 Å². The first kappa shape index (κ1) is 7.73. The zero-order valence-corrected chi connectivity index (χ0v) is 6.92. The smallest absolute Gasteiger partial charge is 0.151 e. The van der Waals surface area contributed by atoms with E-state index in [2.05, 4.69) is 4.98 Å². The molecular weight excluding hydrogens is 164 g/mol. The minimum Gasteiger partial charge on any atom is -0.322 e. The van der Waals surface area contributed by atoms with Crippen molar-refractivity contribution in [2.24, 2.45) is 0 Å². The number of carbonyl (C=O) groups excluding carboxylic acids is 1. The van der Waals surface area contributed by atoms with Crippen LogP contribution in [0.3, 0.4) is 0 Å². The van der Waals surface area contributed by atoms with Crippen molar-refractivity contribution in [2.45, 2.75) is 0 Å². The molecular formula is C10H8N2O. The number of hydrogen-bond donors (Lipinski definition) is 0. The number of rotatable bonds is 2. The molecule has 3 nitrogen and oxygen atoms in total. The van der Waals surface area contributed by atoms with Crippen LogP contribution in [0.5, 0.6) is 0 Å². The van der Waals surface area contributed by atoms with E-state index in [1.807, 2.05) is 22.9 Å². The topological polar surface area (TPSA) is 34.9 Å². The predicted molar refractivity (Wildman–Crippen MR) is 49.0 cm³/mol. The third-order valence-corrected chi connectivity index (χ3v) is 1.80. The second-order valence-electron chi connectivity index (χ2n) is 2.68. The molecule has 2 heterocycles. The molecule has 0 saturated heterocycles. The first-order chi connectivity index (χ1) is 6.40. The molecule has 0 radical (unpaired) electrons. The molecule has 0 aliphatic rings. The van der Waals surface area contributed by atoms with E-state index in [1.165, 1.54) is 0 Å². The maximum absolute atomic E-state index is 10.4. The Balaban J connectivity index is 2.41. The fraction of sp³-hybridized carbons (Fsp3) is 0. The number of nitrogens with zero attached hydrogens (tertiary/aromatic N) is 2. The zero-order valence-electron chi connectivity index (χ0n) is 6.92. The Morgan fingerprint density at radius 1 is 1.38 bits per heavy atom. The van der Waals surface area contributed by atoms with E-state index in [4.69, 9.17) is 0 Å². The molecule has 0 fully saturated rings. The monoisotopic (exact) mass is 172 g/mol. The molecule has 0 saturated carbocycles. The van der Waals surface area contributed by atoms with E-state index in [-0.39, 0.29) is 0 Å². The van der Waals surface area contributed by atoms with Crippen molar-refractivity contribution in [3.63, 3.8) is 0 Å². The van der Waals surface area contributed by atoms with Gasteiger partial charge in [-0.1, -0.05) is 0 Å². The van der Waals surface area contributed by atoms with Crippen molar-refractivity contribution in [1.82, 2.24) is 9.55 Å². The molecule has 0 aliphatic carbocycles. The summed E-state index contributed by atoms with van der Waals surface area (Å²) in [7, 11) is 0. The first-order valence-electron chi connectivity index (χ1n) is 3.94. The summed E-state index contributed by atoms with van der Waals surface area (Å²) in [5.74, 6) is 0. The van der Waals surface area contributed by atoms with Crippen LogP contribution in [-0.2, 0) is 0 Å². The zero-order chi connectivity index (χ0) is 9.10. The van der Waals surface area contributed by atoms with Gasteiger partial charge in [-0.3, -0.25) is 9.78 Å². The molecule has 0 unspecified atom stereocenters. The Hall–Kier alpha value is -1.90. The Kier molecular flexibility index (Phi) is 1.92. The lowest BCUT2D eigenvalue weighted by Gasteiger charge is -1.99. The Labute approximate surface area is 75.7 Å². The van der Waals surface area contributed by atoms with E-state index >= 15 is 0 Å². The molecule has 2 aromatic heterocycles. The van der Waals surface area contributed by atoms with Crippen molar-refractivity contribution in [2.75, 3.05) is 0 Å². The maximum Gasteiger partial charge on any atom is 0.151 e. The summed E-state index contributed by atoms with van der Waals surface area (Å²) in [4.78, 5) is 14.4. The minimum atomic E-state index is 0.670. The largest absolute Gasteiger partial charge is 0.322 e. The molecule has 0 atom stereocenters. The Bertz CT molecular complexity index is 406. The lowest BCUT2D eigenvalue weighted by molar-refractivity contribution is 0.112. The van der Waals surface area contributed by atoms with Gasteiger partial charge in [-0.25, -0.2) is 0 Å². The summed E-state index contributed by atoms with van der Waals surface area (Å²) in [5.41, 5.74) is 1.62. The molecule has 0 spiro atoms. The molecule has 2 rings (SSSR count). The Morgan fingerprint density at radius 2 is 2.31 bits per heavy atom. The molecule has 0 aromatic carbocycles. The third kappa shape index (κ3) is 1.49. The van der Waals surface area contributed by atoms with Gasteiger partial charge in [0.15, 0.2) is 6.29 Å². The van der Waals surface area contributed by atoms with Gasteiger partial charge in [-0.05, 0) is 18.2 Å². The van der Waals surface area contributed by atoms with Gasteiger partial charge in [-0.2, -0.15) is 0 Å². The lowest BCUT2D eigenvalue weighted by atomic mass is 10.4. The van der Waals surface area contributed by atoms with Gasteiger partial charge in [0.25, 0.3) is 0 Å². The summed E-state index contributed by atoms with van der Waals surface area (Å²) in [6, 6.07) is 5.55. The van der Waals surface area contributed by atoms with Gasteiger partial charge in [0.2, 0.25) is 0 Å². The third-order valence-electron chi connectivity index (χ3n) is 1.80. The standard InChI is InChI=1S/C10H8N2O/c13-8-9-3-5-12(7-9)10-2-1-4-11-6-10/h1-8H. The highest BCUT2D eigenvalue weighted by atomic mass is 16.1. The van der Waals surface area contributed by atoms with Gasteiger partial charge in [0.1, 0.15) is 0 Å². The van der Waals surface area contributed by atoms with Crippen LogP contribution in [0.15, 0.2) is 43.0 Å². The summed E-state index contributed by atoms with van der Waals surface area (Å²) >= 11 is 0. The van der Waals surface area contributed by atoms with E-state index in [9.17, 15) is 4.79 Å². The molecule has 0 bridgehead atoms. The van der Waals surface area contributed by atoms with E-state index in [0.29, 0.717) is 5.56 Å². The van der Waals surface area contributed by atoms with Crippen LogP contribution in [0.25, 0.3) is 5.69 Å². The van der Waals surface area contributed by atoms with Crippen LogP contribution >= 0.6 is 0 Å². The lowest BCUT2D eigenvalue weighted by Crippen LogP contribution is -1.89. The highest BCUT2D eigenvalue weighted by Gasteiger charge is 1.96. The number of aromatic nitrogens is 2. The van der Waals surface area contributed by atoms with E-state index < -0.39 is 0 Å². The number of carbonyl (C=O) groups is 1. The molecule has 2 aromatic rings. The normalized spacial score (nSPS) is 9.85. The van der Waals surface area contributed by atoms with Gasteiger partial charge < -0.3 is 4.57 Å². The van der Waals surface area contributed by atoms with Gasteiger partial charge in [-0.15, -0.1) is 0 Å². The molecule has 13 heavy (non-hydrogen) atoms. The highest BCUT2D eigenvalue weighted by Crippen LogP contribution is 2.07. The van der Waals surface area contributed by atoms with Crippen molar-refractivity contribution in [1.29, 1.82) is 0 Å². The highest BCUT2D eigenvalue weighted by molar-refractivity contribution is 5.74. The van der Waals surface area contributed by atoms with E-state index in [1.54, 1.807) is 24.7 Å². The van der Waals surface area contributed by atoms with Crippen LogP contribution in [0.4, 0.5) is 0 Å². The SMILES string of the molecule is O=Cc1ccn(-c2cccnc2)c1. The second kappa shape index (κ2) is 3.23. The van der Waals surface area contributed by atoms with Crippen LogP contribution in [0.1, 0.15) is 10.4 Å². The van der Waals surface area contributed by atoms with Crippen molar-refractivity contribution < 1.29 is 4.79 Å². The molecule has 0 aliphatic heterocycles. The first-order valence-corrected chi connectivity index (χ1v) is 3.94. The average Bonchev–Trinajstić information content (AvgIpc) is 2.67. The maximum atomic E-state index is 10.4. The average molecular weight is 172 g/mol. The fourth-order valence-electron chi connectivity index (χ4n) is 1.15. The summed E-state index contributed by atoms with van der Waals surface area (Å²) in [6.07, 6.45) is 7.89. The second-order valence-corrected chi connectivity index (χ2v) is 2.68. The van der Waals surface area contributed by atoms with Crippen LogP contribution in [0, 0.1) is 0 Å².